The normalized spacial score (nSPS) is 10.0. The summed E-state index contributed by atoms with van der Waals surface area (Å²) in [5, 5.41) is 9.72. The zero-order valence-corrected chi connectivity index (χ0v) is 13.7. The van der Waals surface area contributed by atoms with Crippen LogP contribution in [0, 0.1) is 0 Å². The van der Waals surface area contributed by atoms with Crippen molar-refractivity contribution in [1.29, 1.82) is 0 Å². The van der Waals surface area contributed by atoms with Crippen molar-refractivity contribution in [2.45, 2.75) is 19.4 Å². The molecular formula is C13H17BrClN5O. The molecule has 0 unspecified atom stereocenters. The Morgan fingerprint density at radius 3 is 2.71 bits per heavy atom. The molecule has 0 saturated heterocycles. The van der Waals surface area contributed by atoms with Gasteiger partial charge in [-0.2, -0.15) is 5.10 Å². The molecule has 0 aliphatic carbocycles. The SMILES string of the molecule is Cl.NCCCC(=O)NCc1nc(-c2ccc(Br)cc2)n[nH]1. The number of carbonyl (C=O) groups is 1. The maximum absolute atomic E-state index is 11.5. The average Bonchev–Trinajstić information content (AvgIpc) is 2.92. The van der Waals surface area contributed by atoms with Crippen LogP contribution in [0.3, 0.4) is 0 Å². The molecule has 0 aliphatic rings. The molecule has 1 heterocycles. The van der Waals surface area contributed by atoms with Crippen molar-refractivity contribution in [3.05, 3.63) is 34.6 Å². The third-order valence-electron chi connectivity index (χ3n) is 2.70. The first-order valence-electron chi connectivity index (χ1n) is 6.33. The molecule has 1 amide bonds. The van der Waals surface area contributed by atoms with Crippen LogP contribution in [0.1, 0.15) is 18.7 Å². The van der Waals surface area contributed by atoms with Gasteiger partial charge in [-0.25, -0.2) is 4.98 Å². The van der Waals surface area contributed by atoms with Crippen molar-refractivity contribution in [2.24, 2.45) is 5.73 Å². The number of rotatable bonds is 6. The van der Waals surface area contributed by atoms with Crippen LogP contribution in [0.15, 0.2) is 28.7 Å². The minimum atomic E-state index is -0.0305. The fourth-order valence-corrected chi connectivity index (χ4v) is 1.90. The summed E-state index contributed by atoms with van der Waals surface area (Å²) < 4.78 is 1.00. The lowest BCUT2D eigenvalue weighted by Crippen LogP contribution is -2.23. The number of hydrogen-bond donors (Lipinski definition) is 3. The van der Waals surface area contributed by atoms with Crippen molar-refractivity contribution in [3.63, 3.8) is 0 Å². The van der Waals surface area contributed by atoms with Gasteiger partial charge in [0.1, 0.15) is 5.82 Å². The largest absolute Gasteiger partial charge is 0.349 e. The average molecular weight is 375 g/mol. The maximum atomic E-state index is 11.5. The number of carbonyl (C=O) groups excluding carboxylic acids is 1. The maximum Gasteiger partial charge on any atom is 0.220 e. The van der Waals surface area contributed by atoms with E-state index in [2.05, 4.69) is 36.4 Å². The van der Waals surface area contributed by atoms with Gasteiger partial charge in [0, 0.05) is 16.5 Å². The highest BCUT2D eigenvalue weighted by Crippen LogP contribution is 2.18. The predicted octanol–water partition coefficient (Wildman–Crippen LogP) is 2.01. The first kappa shape index (κ1) is 17.6. The summed E-state index contributed by atoms with van der Waals surface area (Å²) in [7, 11) is 0. The van der Waals surface area contributed by atoms with Crippen molar-refractivity contribution < 1.29 is 4.79 Å². The number of nitrogens with two attached hydrogens (primary N) is 1. The second-order valence-corrected chi connectivity index (χ2v) is 5.20. The fourth-order valence-electron chi connectivity index (χ4n) is 1.64. The molecule has 0 fully saturated rings. The quantitative estimate of drug-likeness (QED) is 0.720. The van der Waals surface area contributed by atoms with Crippen molar-refractivity contribution in [2.75, 3.05) is 6.54 Å². The van der Waals surface area contributed by atoms with Crippen LogP contribution in [0.2, 0.25) is 0 Å². The lowest BCUT2D eigenvalue weighted by molar-refractivity contribution is -0.121. The van der Waals surface area contributed by atoms with Crippen LogP contribution in [-0.2, 0) is 11.3 Å². The summed E-state index contributed by atoms with van der Waals surface area (Å²) in [5.41, 5.74) is 6.27. The lowest BCUT2D eigenvalue weighted by atomic mass is 10.2. The van der Waals surface area contributed by atoms with E-state index < -0.39 is 0 Å². The monoisotopic (exact) mass is 373 g/mol. The molecule has 4 N–H and O–H groups in total. The second-order valence-electron chi connectivity index (χ2n) is 4.28. The molecule has 2 rings (SSSR count). The first-order valence-corrected chi connectivity index (χ1v) is 7.12. The highest BCUT2D eigenvalue weighted by molar-refractivity contribution is 9.10. The highest BCUT2D eigenvalue weighted by atomic mass is 79.9. The number of aromatic amines is 1. The predicted molar refractivity (Wildman–Crippen MR) is 86.9 cm³/mol. The topological polar surface area (TPSA) is 96.7 Å². The number of hydrogen-bond acceptors (Lipinski definition) is 4. The van der Waals surface area contributed by atoms with Gasteiger partial charge in [-0.1, -0.05) is 28.1 Å². The molecule has 1 aromatic heterocycles. The van der Waals surface area contributed by atoms with Crippen LogP contribution >= 0.6 is 28.3 Å². The molecule has 0 atom stereocenters. The molecule has 0 bridgehead atoms. The standard InChI is InChI=1S/C13H16BrN5O.ClH/c14-10-5-3-9(4-6-10)13-17-11(18-19-13)8-16-12(20)2-1-7-15;/h3-6H,1-2,7-8,15H2,(H,16,20)(H,17,18,19);1H. The lowest BCUT2D eigenvalue weighted by Gasteiger charge is -2.01. The van der Waals surface area contributed by atoms with Crippen LogP contribution < -0.4 is 11.1 Å². The first-order chi connectivity index (χ1) is 9.69. The third kappa shape index (κ3) is 5.45. The molecule has 8 heteroatoms. The third-order valence-corrected chi connectivity index (χ3v) is 3.22. The van der Waals surface area contributed by atoms with Gasteiger partial charge in [0.2, 0.25) is 5.91 Å². The van der Waals surface area contributed by atoms with Gasteiger partial charge >= 0.3 is 0 Å². The van der Waals surface area contributed by atoms with Gasteiger partial charge in [-0.15, -0.1) is 12.4 Å². The van der Waals surface area contributed by atoms with E-state index in [1.54, 1.807) is 0 Å². The Kier molecular flexibility index (Phi) is 7.35. The van der Waals surface area contributed by atoms with E-state index in [1.165, 1.54) is 0 Å². The smallest absolute Gasteiger partial charge is 0.220 e. The Morgan fingerprint density at radius 2 is 2.05 bits per heavy atom. The molecule has 0 spiro atoms. The highest BCUT2D eigenvalue weighted by Gasteiger charge is 2.07. The van der Waals surface area contributed by atoms with Gasteiger partial charge in [-0.3, -0.25) is 9.89 Å². The minimum absolute atomic E-state index is 0. The van der Waals surface area contributed by atoms with Crippen LogP contribution in [0.4, 0.5) is 0 Å². The Hall–Kier alpha value is -1.44. The van der Waals surface area contributed by atoms with Crippen LogP contribution in [0.5, 0.6) is 0 Å². The Bertz CT molecular complexity index is 572. The van der Waals surface area contributed by atoms with Crippen molar-refractivity contribution >= 4 is 34.2 Å². The Labute approximate surface area is 137 Å². The van der Waals surface area contributed by atoms with E-state index in [0.29, 0.717) is 37.6 Å². The molecule has 6 nitrogen and oxygen atoms in total. The Balaban J connectivity index is 0.00000220. The van der Waals surface area contributed by atoms with Crippen molar-refractivity contribution in [1.82, 2.24) is 20.5 Å². The summed E-state index contributed by atoms with van der Waals surface area (Å²) in [4.78, 5) is 15.8. The van der Waals surface area contributed by atoms with E-state index in [1.807, 2.05) is 24.3 Å². The van der Waals surface area contributed by atoms with Crippen molar-refractivity contribution in [3.8, 4) is 11.4 Å². The summed E-state index contributed by atoms with van der Waals surface area (Å²) in [6.45, 7) is 0.858. The molecule has 1 aromatic carbocycles. The molecule has 21 heavy (non-hydrogen) atoms. The summed E-state index contributed by atoms with van der Waals surface area (Å²) in [6, 6.07) is 7.72. The number of nitrogens with one attached hydrogen (secondary N) is 2. The molecular weight excluding hydrogens is 358 g/mol. The summed E-state index contributed by atoms with van der Waals surface area (Å²) >= 11 is 3.38. The zero-order valence-electron chi connectivity index (χ0n) is 11.3. The molecule has 114 valence electrons. The Morgan fingerprint density at radius 1 is 1.33 bits per heavy atom. The minimum Gasteiger partial charge on any atom is -0.349 e. The van der Waals surface area contributed by atoms with Gasteiger partial charge in [0.25, 0.3) is 0 Å². The van der Waals surface area contributed by atoms with E-state index in [9.17, 15) is 4.79 Å². The van der Waals surface area contributed by atoms with E-state index in [0.717, 1.165) is 10.0 Å². The number of nitrogens with zero attached hydrogens (tertiary/aromatic N) is 2. The number of amides is 1. The van der Waals surface area contributed by atoms with Gasteiger partial charge in [0.05, 0.1) is 6.54 Å². The zero-order chi connectivity index (χ0) is 14.4. The van der Waals surface area contributed by atoms with Crippen LogP contribution in [0.25, 0.3) is 11.4 Å². The number of aromatic nitrogens is 3. The fraction of sp³-hybridized carbons (Fsp3) is 0.308. The number of benzene rings is 1. The van der Waals surface area contributed by atoms with Gasteiger partial charge in [-0.05, 0) is 25.1 Å². The van der Waals surface area contributed by atoms with E-state index in [-0.39, 0.29) is 18.3 Å². The number of halogens is 2. The van der Waals surface area contributed by atoms with Crippen LogP contribution in [-0.4, -0.2) is 27.6 Å². The van der Waals surface area contributed by atoms with E-state index >= 15 is 0 Å². The molecule has 2 aromatic rings. The summed E-state index contributed by atoms with van der Waals surface area (Å²) in [6.07, 6.45) is 1.12. The summed E-state index contributed by atoms with van der Waals surface area (Å²) in [5.74, 6) is 1.21. The van der Waals surface area contributed by atoms with Gasteiger partial charge in [0.15, 0.2) is 5.82 Å². The number of H-pyrrole nitrogens is 1. The van der Waals surface area contributed by atoms with Gasteiger partial charge < -0.3 is 11.1 Å². The van der Waals surface area contributed by atoms with E-state index in [4.69, 9.17) is 5.73 Å². The second kappa shape index (κ2) is 8.76. The molecule has 0 aliphatic heterocycles. The molecule has 0 radical (unpaired) electrons. The molecule has 0 saturated carbocycles.